The Balaban J connectivity index is 1.86. The number of benzene rings is 2. The standard InChI is InChI=1S/C19H23ClN2O3/c1-22(13-14-5-4-6-16(11-14)24-2)10-9-19(23)21-17-12-15(20)7-8-18(17)25-3/h4-8,11-12H,9-10,13H2,1-3H3,(H,21,23). The second-order valence-corrected chi connectivity index (χ2v) is 6.17. The van der Waals surface area contributed by atoms with Crippen LogP contribution in [0.3, 0.4) is 0 Å². The fraction of sp³-hybridized carbons (Fsp3) is 0.316. The predicted molar refractivity (Wildman–Crippen MR) is 101 cm³/mol. The van der Waals surface area contributed by atoms with Gasteiger partial charge < -0.3 is 19.7 Å². The van der Waals surface area contributed by atoms with Crippen LogP contribution in [0.1, 0.15) is 12.0 Å². The summed E-state index contributed by atoms with van der Waals surface area (Å²) >= 11 is 5.97. The van der Waals surface area contributed by atoms with Crippen LogP contribution in [0, 0.1) is 0 Å². The molecular weight excluding hydrogens is 340 g/mol. The van der Waals surface area contributed by atoms with Crippen LogP contribution in [-0.2, 0) is 11.3 Å². The topological polar surface area (TPSA) is 50.8 Å². The molecule has 0 unspecified atom stereocenters. The summed E-state index contributed by atoms with van der Waals surface area (Å²) in [6.07, 6.45) is 0.371. The third-order valence-corrected chi connectivity index (χ3v) is 3.98. The van der Waals surface area contributed by atoms with Crippen molar-refractivity contribution in [2.45, 2.75) is 13.0 Å². The highest BCUT2D eigenvalue weighted by Gasteiger charge is 2.10. The molecule has 0 saturated carbocycles. The number of rotatable bonds is 8. The minimum atomic E-state index is -0.0851. The molecule has 1 amide bonds. The van der Waals surface area contributed by atoms with E-state index in [9.17, 15) is 4.79 Å². The molecule has 0 fully saturated rings. The number of halogens is 1. The Labute approximate surface area is 153 Å². The minimum absolute atomic E-state index is 0.0851. The van der Waals surface area contributed by atoms with Gasteiger partial charge in [-0.2, -0.15) is 0 Å². The summed E-state index contributed by atoms with van der Waals surface area (Å²) in [6.45, 7) is 1.37. The van der Waals surface area contributed by atoms with Gasteiger partial charge in [0.05, 0.1) is 19.9 Å². The number of methoxy groups -OCH3 is 2. The maximum absolute atomic E-state index is 12.2. The van der Waals surface area contributed by atoms with E-state index in [1.165, 1.54) is 0 Å². The van der Waals surface area contributed by atoms with E-state index in [2.05, 4.69) is 10.2 Å². The monoisotopic (exact) mass is 362 g/mol. The number of nitrogens with zero attached hydrogens (tertiary/aromatic N) is 1. The van der Waals surface area contributed by atoms with Gasteiger partial charge in [-0.3, -0.25) is 4.79 Å². The largest absolute Gasteiger partial charge is 0.497 e. The number of carbonyl (C=O) groups is 1. The molecule has 0 saturated heterocycles. The summed E-state index contributed by atoms with van der Waals surface area (Å²) in [7, 11) is 5.19. The van der Waals surface area contributed by atoms with Crippen LogP contribution < -0.4 is 14.8 Å². The summed E-state index contributed by atoms with van der Waals surface area (Å²) in [5.41, 5.74) is 1.72. The van der Waals surface area contributed by atoms with Crippen LogP contribution >= 0.6 is 11.6 Å². The second kappa shape index (κ2) is 9.30. The normalized spacial score (nSPS) is 10.6. The molecule has 0 aliphatic heterocycles. The van der Waals surface area contributed by atoms with Crippen molar-refractivity contribution in [2.24, 2.45) is 0 Å². The Bertz CT molecular complexity index is 722. The quantitative estimate of drug-likeness (QED) is 0.775. The first kappa shape index (κ1) is 19.1. The molecule has 2 aromatic rings. The molecule has 6 heteroatoms. The van der Waals surface area contributed by atoms with Crippen LogP contribution in [-0.4, -0.2) is 38.6 Å². The van der Waals surface area contributed by atoms with Crippen LogP contribution in [0.4, 0.5) is 5.69 Å². The Morgan fingerprint density at radius 3 is 2.68 bits per heavy atom. The molecule has 0 aliphatic carbocycles. The van der Waals surface area contributed by atoms with Crippen molar-refractivity contribution >= 4 is 23.2 Å². The predicted octanol–water partition coefficient (Wildman–Crippen LogP) is 3.82. The van der Waals surface area contributed by atoms with Crippen LogP contribution in [0.5, 0.6) is 11.5 Å². The Morgan fingerprint density at radius 1 is 1.16 bits per heavy atom. The molecule has 2 rings (SSSR count). The first-order valence-corrected chi connectivity index (χ1v) is 8.34. The average molecular weight is 363 g/mol. The highest BCUT2D eigenvalue weighted by Crippen LogP contribution is 2.27. The first-order valence-electron chi connectivity index (χ1n) is 7.96. The summed E-state index contributed by atoms with van der Waals surface area (Å²) in [6, 6.07) is 13.0. The molecule has 0 spiro atoms. The van der Waals surface area contributed by atoms with Gasteiger partial charge in [0.25, 0.3) is 0 Å². The van der Waals surface area contributed by atoms with Gasteiger partial charge in [-0.05, 0) is 42.9 Å². The summed E-state index contributed by atoms with van der Waals surface area (Å²) in [4.78, 5) is 14.3. The smallest absolute Gasteiger partial charge is 0.225 e. The Morgan fingerprint density at radius 2 is 1.96 bits per heavy atom. The molecule has 0 heterocycles. The van der Waals surface area contributed by atoms with Crippen molar-refractivity contribution in [1.82, 2.24) is 4.90 Å². The molecule has 0 atom stereocenters. The lowest BCUT2D eigenvalue weighted by atomic mass is 10.2. The van der Waals surface area contributed by atoms with E-state index in [1.807, 2.05) is 31.3 Å². The molecule has 134 valence electrons. The van der Waals surface area contributed by atoms with Crippen molar-refractivity contribution in [3.8, 4) is 11.5 Å². The van der Waals surface area contributed by atoms with Gasteiger partial charge in [-0.25, -0.2) is 0 Å². The van der Waals surface area contributed by atoms with Gasteiger partial charge in [-0.1, -0.05) is 23.7 Å². The number of hydrogen-bond donors (Lipinski definition) is 1. The van der Waals surface area contributed by atoms with Gasteiger partial charge in [-0.15, -0.1) is 0 Å². The van der Waals surface area contributed by atoms with Crippen molar-refractivity contribution in [2.75, 3.05) is 33.1 Å². The molecule has 1 N–H and O–H groups in total. The van der Waals surface area contributed by atoms with Gasteiger partial charge in [0.15, 0.2) is 0 Å². The summed E-state index contributed by atoms with van der Waals surface area (Å²) in [5, 5.41) is 3.39. The lowest BCUT2D eigenvalue weighted by Crippen LogP contribution is -2.24. The van der Waals surface area contributed by atoms with Crippen molar-refractivity contribution in [1.29, 1.82) is 0 Å². The fourth-order valence-corrected chi connectivity index (χ4v) is 2.62. The Hall–Kier alpha value is -2.24. The molecule has 0 bridgehead atoms. The van der Waals surface area contributed by atoms with Gasteiger partial charge >= 0.3 is 0 Å². The van der Waals surface area contributed by atoms with Crippen LogP contribution in [0.15, 0.2) is 42.5 Å². The zero-order valence-corrected chi connectivity index (χ0v) is 15.5. The van der Waals surface area contributed by atoms with Crippen molar-refractivity contribution in [3.05, 3.63) is 53.1 Å². The maximum atomic E-state index is 12.2. The third-order valence-electron chi connectivity index (χ3n) is 3.74. The van der Waals surface area contributed by atoms with E-state index < -0.39 is 0 Å². The van der Waals surface area contributed by atoms with E-state index >= 15 is 0 Å². The fourth-order valence-electron chi connectivity index (χ4n) is 2.44. The Kier molecular flexibility index (Phi) is 7.10. The number of hydrogen-bond acceptors (Lipinski definition) is 4. The van der Waals surface area contributed by atoms with E-state index in [0.717, 1.165) is 17.9 Å². The summed E-state index contributed by atoms with van der Waals surface area (Å²) < 4.78 is 10.5. The SMILES string of the molecule is COc1cccc(CN(C)CCC(=O)Nc2cc(Cl)ccc2OC)c1. The molecular formula is C19H23ClN2O3. The number of carbonyl (C=O) groups excluding carboxylic acids is 1. The highest BCUT2D eigenvalue weighted by atomic mass is 35.5. The van der Waals surface area contributed by atoms with E-state index in [4.69, 9.17) is 21.1 Å². The van der Waals surface area contributed by atoms with Crippen LogP contribution in [0.2, 0.25) is 5.02 Å². The van der Waals surface area contributed by atoms with Crippen molar-refractivity contribution < 1.29 is 14.3 Å². The first-order chi connectivity index (χ1) is 12.0. The van der Waals surface area contributed by atoms with E-state index in [-0.39, 0.29) is 5.91 Å². The maximum Gasteiger partial charge on any atom is 0.225 e. The zero-order valence-electron chi connectivity index (χ0n) is 14.7. The van der Waals surface area contributed by atoms with E-state index in [1.54, 1.807) is 32.4 Å². The van der Waals surface area contributed by atoms with Gasteiger partial charge in [0, 0.05) is 24.5 Å². The van der Waals surface area contributed by atoms with Crippen molar-refractivity contribution in [3.63, 3.8) is 0 Å². The minimum Gasteiger partial charge on any atom is -0.497 e. The molecule has 25 heavy (non-hydrogen) atoms. The molecule has 5 nitrogen and oxygen atoms in total. The number of anilines is 1. The molecule has 2 aromatic carbocycles. The molecule has 0 radical (unpaired) electrons. The van der Waals surface area contributed by atoms with E-state index in [0.29, 0.717) is 29.4 Å². The number of nitrogens with one attached hydrogen (secondary N) is 1. The van der Waals surface area contributed by atoms with Gasteiger partial charge in [0.1, 0.15) is 11.5 Å². The highest BCUT2D eigenvalue weighted by molar-refractivity contribution is 6.31. The number of amides is 1. The number of ether oxygens (including phenoxy) is 2. The lowest BCUT2D eigenvalue weighted by molar-refractivity contribution is -0.116. The molecule has 0 aromatic heterocycles. The zero-order chi connectivity index (χ0) is 18.2. The molecule has 0 aliphatic rings. The third kappa shape index (κ3) is 5.96. The van der Waals surface area contributed by atoms with Crippen LogP contribution in [0.25, 0.3) is 0 Å². The summed E-state index contributed by atoms with van der Waals surface area (Å²) in [5.74, 6) is 1.33. The lowest BCUT2D eigenvalue weighted by Gasteiger charge is -2.17. The second-order valence-electron chi connectivity index (χ2n) is 5.73. The van der Waals surface area contributed by atoms with Gasteiger partial charge in [0.2, 0.25) is 5.91 Å². The average Bonchev–Trinajstić information content (AvgIpc) is 2.60.